The summed E-state index contributed by atoms with van der Waals surface area (Å²) >= 11 is 0. The number of benzene rings is 1. The molecule has 2 heteroatoms. The van der Waals surface area contributed by atoms with Gasteiger partial charge in [0.15, 0.2) is 0 Å². The molecule has 19 heavy (non-hydrogen) atoms. The van der Waals surface area contributed by atoms with Gasteiger partial charge < -0.3 is 5.32 Å². The van der Waals surface area contributed by atoms with Crippen molar-refractivity contribution >= 4 is 0 Å². The highest BCUT2D eigenvalue weighted by Gasteiger charge is 2.18. The molecule has 0 radical (unpaired) electrons. The van der Waals surface area contributed by atoms with Crippen LogP contribution in [0.4, 0.5) is 0 Å². The molecule has 2 nitrogen and oxygen atoms in total. The van der Waals surface area contributed by atoms with Gasteiger partial charge in [0.2, 0.25) is 0 Å². The number of hydrogen-bond acceptors (Lipinski definition) is 2. The Bertz CT molecular complexity index is 387. The molecule has 1 N–H and O–H groups in total. The Kier molecular flexibility index (Phi) is 5.41. The summed E-state index contributed by atoms with van der Waals surface area (Å²) in [4.78, 5) is 2.61. The molecule has 0 bridgehead atoms. The Morgan fingerprint density at radius 2 is 2.21 bits per heavy atom. The summed E-state index contributed by atoms with van der Waals surface area (Å²) in [5, 5.41) is 3.70. The van der Waals surface area contributed by atoms with Crippen molar-refractivity contribution in [3.63, 3.8) is 0 Å². The molecule has 1 heterocycles. The van der Waals surface area contributed by atoms with E-state index in [1.807, 2.05) is 0 Å². The van der Waals surface area contributed by atoms with Gasteiger partial charge in [-0.15, -0.1) is 0 Å². The summed E-state index contributed by atoms with van der Waals surface area (Å²) in [5.41, 5.74) is 2.81. The van der Waals surface area contributed by atoms with Crippen molar-refractivity contribution in [3.05, 3.63) is 35.4 Å². The Morgan fingerprint density at radius 3 is 2.95 bits per heavy atom. The fraction of sp³-hybridized carbons (Fsp3) is 0.647. The largest absolute Gasteiger partial charge is 0.313 e. The number of aryl methyl sites for hydroxylation is 1. The maximum Gasteiger partial charge on any atom is 0.0234 e. The standard InChI is InChI=1S/C17H28N2/c1-14(2)10-17-13-19(9-5-8-18-17)12-16-7-4-6-15(3)11-16/h4,6-7,11,14,17-18H,5,8-10,12-13H2,1-3H3. The highest BCUT2D eigenvalue weighted by atomic mass is 15.2. The van der Waals surface area contributed by atoms with Crippen LogP contribution in [0.25, 0.3) is 0 Å². The first-order valence-electron chi connectivity index (χ1n) is 7.65. The SMILES string of the molecule is Cc1cccc(CN2CCCNC(CC(C)C)C2)c1. The molecular formula is C17H28N2. The third kappa shape index (κ3) is 4.96. The first-order valence-corrected chi connectivity index (χ1v) is 7.65. The first-order chi connectivity index (χ1) is 9.13. The number of hydrogen-bond donors (Lipinski definition) is 1. The van der Waals surface area contributed by atoms with E-state index >= 15 is 0 Å². The number of nitrogens with zero attached hydrogens (tertiary/aromatic N) is 1. The highest BCUT2D eigenvalue weighted by Crippen LogP contribution is 2.13. The highest BCUT2D eigenvalue weighted by molar-refractivity contribution is 5.22. The molecule has 0 amide bonds. The zero-order valence-electron chi connectivity index (χ0n) is 12.7. The van der Waals surface area contributed by atoms with Crippen molar-refractivity contribution < 1.29 is 0 Å². The third-order valence-corrected chi connectivity index (χ3v) is 3.81. The van der Waals surface area contributed by atoms with Gasteiger partial charge in [-0.05, 0) is 44.3 Å². The number of rotatable bonds is 4. The second-order valence-electron chi connectivity index (χ2n) is 6.36. The van der Waals surface area contributed by atoms with Crippen LogP contribution in [-0.2, 0) is 6.54 Å². The first kappa shape index (κ1) is 14.5. The molecule has 0 aliphatic carbocycles. The van der Waals surface area contributed by atoms with Gasteiger partial charge in [0, 0.05) is 19.1 Å². The molecule has 1 aliphatic heterocycles. The van der Waals surface area contributed by atoms with Crippen molar-refractivity contribution in [1.29, 1.82) is 0 Å². The predicted molar refractivity (Wildman–Crippen MR) is 82.3 cm³/mol. The molecule has 0 saturated carbocycles. The molecular weight excluding hydrogens is 232 g/mol. The normalized spacial score (nSPS) is 21.6. The fourth-order valence-electron chi connectivity index (χ4n) is 3.02. The Morgan fingerprint density at radius 1 is 1.37 bits per heavy atom. The van der Waals surface area contributed by atoms with Gasteiger partial charge in [-0.2, -0.15) is 0 Å². The van der Waals surface area contributed by atoms with Gasteiger partial charge in [0.1, 0.15) is 0 Å². The monoisotopic (exact) mass is 260 g/mol. The second-order valence-corrected chi connectivity index (χ2v) is 6.36. The van der Waals surface area contributed by atoms with Crippen LogP contribution >= 0.6 is 0 Å². The molecule has 1 aromatic rings. The molecule has 106 valence electrons. The molecule has 1 aliphatic rings. The van der Waals surface area contributed by atoms with E-state index in [9.17, 15) is 0 Å². The van der Waals surface area contributed by atoms with Crippen LogP contribution in [-0.4, -0.2) is 30.6 Å². The van der Waals surface area contributed by atoms with Crippen molar-refractivity contribution in [1.82, 2.24) is 10.2 Å². The average Bonchev–Trinajstić information content (AvgIpc) is 2.53. The van der Waals surface area contributed by atoms with Gasteiger partial charge in [0.25, 0.3) is 0 Å². The summed E-state index contributed by atoms with van der Waals surface area (Å²) in [5.74, 6) is 0.774. The lowest BCUT2D eigenvalue weighted by Gasteiger charge is -2.25. The van der Waals surface area contributed by atoms with E-state index in [1.165, 1.54) is 43.6 Å². The molecule has 1 unspecified atom stereocenters. The molecule has 1 fully saturated rings. The second kappa shape index (κ2) is 7.06. The summed E-state index contributed by atoms with van der Waals surface area (Å²) in [6.45, 7) is 11.5. The minimum absolute atomic E-state index is 0.660. The summed E-state index contributed by atoms with van der Waals surface area (Å²) in [6.07, 6.45) is 2.55. The minimum atomic E-state index is 0.660. The zero-order chi connectivity index (χ0) is 13.7. The fourth-order valence-corrected chi connectivity index (χ4v) is 3.02. The lowest BCUT2D eigenvalue weighted by Crippen LogP contribution is -2.38. The van der Waals surface area contributed by atoms with Gasteiger partial charge in [0.05, 0.1) is 0 Å². The van der Waals surface area contributed by atoms with Crippen LogP contribution in [0.15, 0.2) is 24.3 Å². The molecule has 1 aromatic carbocycles. The lowest BCUT2D eigenvalue weighted by atomic mass is 10.0. The molecule has 2 rings (SSSR count). The van der Waals surface area contributed by atoms with Crippen molar-refractivity contribution in [2.75, 3.05) is 19.6 Å². The van der Waals surface area contributed by atoms with E-state index in [0.29, 0.717) is 6.04 Å². The number of nitrogens with one attached hydrogen (secondary N) is 1. The Balaban J connectivity index is 1.94. The van der Waals surface area contributed by atoms with Crippen LogP contribution in [0.3, 0.4) is 0 Å². The summed E-state index contributed by atoms with van der Waals surface area (Å²) in [6, 6.07) is 9.58. The zero-order valence-corrected chi connectivity index (χ0v) is 12.7. The quantitative estimate of drug-likeness (QED) is 0.894. The van der Waals surface area contributed by atoms with Crippen LogP contribution < -0.4 is 5.32 Å². The molecule has 0 spiro atoms. The van der Waals surface area contributed by atoms with Crippen molar-refractivity contribution in [2.24, 2.45) is 5.92 Å². The van der Waals surface area contributed by atoms with Crippen LogP contribution in [0.1, 0.15) is 37.8 Å². The van der Waals surface area contributed by atoms with E-state index < -0.39 is 0 Å². The van der Waals surface area contributed by atoms with E-state index in [0.717, 1.165) is 12.5 Å². The third-order valence-electron chi connectivity index (χ3n) is 3.81. The van der Waals surface area contributed by atoms with E-state index in [-0.39, 0.29) is 0 Å². The lowest BCUT2D eigenvalue weighted by molar-refractivity contribution is 0.247. The maximum absolute atomic E-state index is 3.70. The van der Waals surface area contributed by atoms with E-state index in [1.54, 1.807) is 0 Å². The minimum Gasteiger partial charge on any atom is -0.313 e. The predicted octanol–water partition coefficient (Wildman–Crippen LogP) is 3.21. The Hall–Kier alpha value is -0.860. The van der Waals surface area contributed by atoms with E-state index in [2.05, 4.69) is 55.3 Å². The van der Waals surface area contributed by atoms with Crippen LogP contribution in [0, 0.1) is 12.8 Å². The van der Waals surface area contributed by atoms with Crippen molar-refractivity contribution in [3.8, 4) is 0 Å². The van der Waals surface area contributed by atoms with Gasteiger partial charge in [-0.1, -0.05) is 43.7 Å². The van der Waals surface area contributed by atoms with Gasteiger partial charge >= 0.3 is 0 Å². The topological polar surface area (TPSA) is 15.3 Å². The molecule has 1 saturated heterocycles. The van der Waals surface area contributed by atoms with Crippen LogP contribution in [0.2, 0.25) is 0 Å². The van der Waals surface area contributed by atoms with E-state index in [4.69, 9.17) is 0 Å². The van der Waals surface area contributed by atoms with Gasteiger partial charge in [-0.25, -0.2) is 0 Å². The summed E-state index contributed by atoms with van der Waals surface area (Å²) < 4.78 is 0. The van der Waals surface area contributed by atoms with Crippen molar-refractivity contribution in [2.45, 2.75) is 46.2 Å². The van der Waals surface area contributed by atoms with Crippen LogP contribution in [0.5, 0.6) is 0 Å². The van der Waals surface area contributed by atoms with Gasteiger partial charge in [-0.3, -0.25) is 4.90 Å². The molecule has 1 atom stereocenters. The Labute approximate surface area is 118 Å². The summed E-state index contributed by atoms with van der Waals surface area (Å²) in [7, 11) is 0. The average molecular weight is 260 g/mol. The maximum atomic E-state index is 3.70. The smallest absolute Gasteiger partial charge is 0.0234 e. The molecule has 0 aromatic heterocycles.